The minimum absolute atomic E-state index is 0.0364. The molecule has 4 nitrogen and oxygen atoms in total. The molecule has 0 saturated heterocycles. The molecule has 0 amide bonds. The van der Waals surface area contributed by atoms with Gasteiger partial charge in [-0.05, 0) is 12.1 Å². The molecule has 6 heteroatoms. The van der Waals surface area contributed by atoms with Crippen molar-refractivity contribution < 1.29 is 8.78 Å². The first-order chi connectivity index (χ1) is 8.25. The quantitative estimate of drug-likeness (QED) is 0.700. The molecule has 0 saturated carbocycles. The second-order valence-corrected chi connectivity index (χ2v) is 3.43. The molecule has 0 bridgehead atoms. The van der Waals surface area contributed by atoms with Gasteiger partial charge in [0.05, 0.1) is 11.7 Å². The summed E-state index contributed by atoms with van der Waals surface area (Å²) in [7, 11) is 0. The predicted molar refractivity (Wildman–Crippen MR) is 57.0 cm³/mol. The normalized spacial score (nSPS) is 10.9. The Hall–Kier alpha value is -2.37. The second-order valence-electron chi connectivity index (χ2n) is 3.43. The van der Waals surface area contributed by atoms with Gasteiger partial charge in [-0.15, -0.1) is 0 Å². The van der Waals surface area contributed by atoms with E-state index in [1.54, 1.807) is 0 Å². The lowest BCUT2D eigenvalue weighted by Crippen LogP contribution is -1.86. The highest BCUT2D eigenvalue weighted by Gasteiger charge is 2.13. The van der Waals surface area contributed by atoms with Crippen LogP contribution in [0.4, 0.5) is 8.78 Å². The Kier molecular flexibility index (Phi) is 2.07. The van der Waals surface area contributed by atoms with Crippen molar-refractivity contribution in [1.29, 1.82) is 0 Å². The van der Waals surface area contributed by atoms with Gasteiger partial charge in [0.15, 0.2) is 17.5 Å². The van der Waals surface area contributed by atoms with E-state index in [9.17, 15) is 8.78 Å². The maximum Gasteiger partial charge on any atom is 0.186 e. The van der Waals surface area contributed by atoms with E-state index in [1.165, 1.54) is 24.7 Å². The molecule has 3 aromatic rings. The summed E-state index contributed by atoms with van der Waals surface area (Å²) in [6.45, 7) is 0. The van der Waals surface area contributed by atoms with E-state index < -0.39 is 11.6 Å². The highest BCUT2D eigenvalue weighted by Crippen LogP contribution is 2.21. The van der Waals surface area contributed by atoms with Crippen molar-refractivity contribution >= 4 is 11.0 Å². The van der Waals surface area contributed by atoms with E-state index in [1.807, 2.05) is 0 Å². The predicted octanol–water partition coefficient (Wildman–Crippen LogP) is 2.30. The smallest absolute Gasteiger partial charge is 0.186 e. The number of hydrogen-bond donors (Lipinski definition) is 1. The number of imidazole rings is 1. The Balaban J connectivity index is 2.24. The standard InChI is InChI=1S/C11H6F2N4/c12-6-1-2-7-10(9(6)13)17-11(16-7)8-5-14-3-4-15-8/h1-5H,(H,16,17). The zero-order chi connectivity index (χ0) is 11.8. The van der Waals surface area contributed by atoms with E-state index in [0.717, 1.165) is 6.07 Å². The van der Waals surface area contributed by atoms with Crippen LogP contribution in [0.2, 0.25) is 0 Å². The van der Waals surface area contributed by atoms with Gasteiger partial charge in [-0.2, -0.15) is 0 Å². The van der Waals surface area contributed by atoms with Crippen LogP contribution in [0.25, 0.3) is 22.6 Å². The van der Waals surface area contributed by atoms with E-state index in [4.69, 9.17) is 0 Å². The van der Waals surface area contributed by atoms with Gasteiger partial charge < -0.3 is 4.98 Å². The van der Waals surface area contributed by atoms with Gasteiger partial charge in [-0.1, -0.05) is 0 Å². The minimum atomic E-state index is -0.964. The molecule has 2 heterocycles. The number of fused-ring (bicyclic) bond motifs is 1. The molecule has 0 spiro atoms. The number of nitrogens with one attached hydrogen (secondary N) is 1. The van der Waals surface area contributed by atoms with Gasteiger partial charge >= 0.3 is 0 Å². The number of aromatic nitrogens is 4. The molecular formula is C11H6F2N4. The zero-order valence-electron chi connectivity index (χ0n) is 8.48. The average molecular weight is 232 g/mol. The van der Waals surface area contributed by atoms with Gasteiger partial charge in [0.25, 0.3) is 0 Å². The molecule has 0 unspecified atom stereocenters. The van der Waals surface area contributed by atoms with Gasteiger partial charge in [0, 0.05) is 12.4 Å². The molecule has 0 aliphatic heterocycles. The summed E-state index contributed by atoms with van der Waals surface area (Å²) in [5.74, 6) is -1.53. The second kappa shape index (κ2) is 3.58. The molecule has 0 radical (unpaired) electrons. The van der Waals surface area contributed by atoms with Crippen LogP contribution in [0.15, 0.2) is 30.7 Å². The highest BCUT2D eigenvalue weighted by atomic mass is 19.2. The van der Waals surface area contributed by atoms with Crippen LogP contribution in [-0.4, -0.2) is 19.9 Å². The monoisotopic (exact) mass is 232 g/mol. The van der Waals surface area contributed by atoms with Crippen LogP contribution < -0.4 is 0 Å². The molecule has 17 heavy (non-hydrogen) atoms. The van der Waals surface area contributed by atoms with Crippen LogP contribution >= 0.6 is 0 Å². The maximum absolute atomic E-state index is 13.4. The van der Waals surface area contributed by atoms with Crippen molar-refractivity contribution in [3.8, 4) is 11.5 Å². The molecule has 0 fully saturated rings. The molecule has 0 aliphatic rings. The van der Waals surface area contributed by atoms with Crippen molar-refractivity contribution in [2.24, 2.45) is 0 Å². The number of rotatable bonds is 1. The van der Waals surface area contributed by atoms with Crippen molar-refractivity contribution in [2.45, 2.75) is 0 Å². The summed E-state index contributed by atoms with van der Waals surface area (Å²) in [6, 6.07) is 2.48. The SMILES string of the molecule is Fc1ccc2[nH]c(-c3cnccn3)nc2c1F. The molecule has 0 aliphatic carbocycles. The van der Waals surface area contributed by atoms with Gasteiger partial charge in [0.2, 0.25) is 0 Å². The van der Waals surface area contributed by atoms with Crippen LogP contribution in [0, 0.1) is 11.6 Å². The molecule has 1 N–H and O–H groups in total. The number of nitrogens with zero attached hydrogens (tertiary/aromatic N) is 3. The van der Waals surface area contributed by atoms with Gasteiger partial charge in [0.1, 0.15) is 11.2 Å². The molecule has 3 rings (SSSR count). The summed E-state index contributed by atoms with van der Waals surface area (Å²) in [5.41, 5.74) is 0.860. The number of benzene rings is 1. The lowest BCUT2D eigenvalue weighted by atomic mass is 10.3. The van der Waals surface area contributed by atoms with Crippen LogP contribution in [0.5, 0.6) is 0 Å². The summed E-state index contributed by atoms with van der Waals surface area (Å²) in [6.07, 6.45) is 4.51. The van der Waals surface area contributed by atoms with E-state index in [0.29, 0.717) is 17.0 Å². The topological polar surface area (TPSA) is 54.5 Å². The first-order valence-electron chi connectivity index (χ1n) is 4.86. The van der Waals surface area contributed by atoms with E-state index in [2.05, 4.69) is 19.9 Å². The summed E-state index contributed by atoms with van der Waals surface area (Å²) >= 11 is 0. The van der Waals surface area contributed by atoms with Crippen molar-refractivity contribution in [3.05, 3.63) is 42.4 Å². The van der Waals surface area contributed by atoms with Crippen molar-refractivity contribution in [1.82, 2.24) is 19.9 Å². The Morgan fingerprint density at radius 1 is 1.12 bits per heavy atom. The number of H-pyrrole nitrogens is 1. The molecule has 2 aromatic heterocycles. The minimum Gasteiger partial charge on any atom is -0.336 e. The van der Waals surface area contributed by atoms with Crippen LogP contribution in [-0.2, 0) is 0 Å². The lowest BCUT2D eigenvalue weighted by molar-refractivity contribution is 0.515. The summed E-state index contributed by atoms with van der Waals surface area (Å²) < 4.78 is 26.4. The Bertz CT molecular complexity index is 679. The largest absolute Gasteiger partial charge is 0.336 e. The maximum atomic E-state index is 13.4. The fourth-order valence-corrected chi connectivity index (χ4v) is 1.56. The highest BCUT2D eigenvalue weighted by molar-refractivity contribution is 5.79. The third-order valence-corrected chi connectivity index (χ3v) is 2.35. The lowest BCUT2D eigenvalue weighted by Gasteiger charge is -1.91. The number of aromatic amines is 1. The van der Waals surface area contributed by atoms with E-state index >= 15 is 0 Å². The summed E-state index contributed by atoms with van der Waals surface area (Å²) in [5, 5.41) is 0. The third kappa shape index (κ3) is 1.54. The van der Waals surface area contributed by atoms with Crippen LogP contribution in [0.3, 0.4) is 0 Å². The third-order valence-electron chi connectivity index (χ3n) is 2.35. The first kappa shape index (κ1) is 9.83. The molecule has 1 aromatic carbocycles. The molecule has 0 atom stereocenters. The van der Waals surface area contributed by atoms with Gasteiger partial charge in [-0.3, -0.25) is 4.98 Å². The Labute approximate surface area is 94.4 Å². The van der Waals surface area contributed by atoms with E-state index in [-0.39, 0.29) is 5.52 Å². The molecular weight excluding hydrogens is 226 g/mol. The van der Waals surface area contributed by atoms with Crippen molar-refractivity contribution in [3.63, 3.8) is 0 Å². The molecule has 84 valence electrons. The number of halogens is 2. The average Bonchev–Trinajstić information content (AvgIpc) is 2.80. The Morgan fingerprint density at radius 2 is 2.00 bits per heavy atom. The van der Waals surface area contributed by atoms with Gasteiger partial charge in [-0.25, -0.2) is 18.7 Å². The van der Waals surface area contributed by atoms with Crippen molar-refractivity contribution in [2.75, 3.05) is 0 Å². The fraction of sp³-hybridized carbons (Fsp3) is 0. The Morgan fingerprint density at radius 3 is 2.76 bits per heavy atom. The summed E-state index contributed by atoms with van der Waals surface area (Å²) in [4.78, 5) is 14.7. The zero-order valence-corrected chi connectivity index (χ0v) is 8.48. The first-order valence-corrected chi connectivity index (χ1v) is 4.86. The fourth-order valence-electron chi connectivity index (χ4n) is 1.56. The van der Waals surface area contributed by atoms with Crippen LogP contribution in [0.1, 0.15) is 0 Å². The number of hydrogen-bond acceptors (Lipinski definition) is 3.